The Morgan fingerprint density at radius 1 is 0.927 bits per heavy atom. The van der Waals surface area contributed by atoms with Crippen LogP contribution in [-0.2, 0) is 9.59 Å². The molecule has 5 rings (SSSR count). The van der Waals surface area contributed by atoms with Crippen molar-refractivity contribution in [2.75, 3.05) is 23.0 Å². The van der Waals surface area contributed by atoms with Crippen molar-refractivity contribution >= 4 is 40.9 Å². The van der Waals surface area contributed by atoms with E-state index in [2.05, 4.69) is 20.9 Å². The van der Waals surface area contributed by atoms with Crippen LogP contribution < -0.4 is 20.7 Å². The molecular formula is C31H27F2N5O3. The molecule has 0 spiro atoms. The van der Waals surface area contributed by atoms with Crippen molar-refractivity contribution in [1.82, 2.24) is 4.98 Å². The first-order valence-electron chi connectivity index (χ1n) is 12.9. The fourth-order valence-electron chi connectivity index (χ4n) is 4.40. The summed E-state index contributed by atoms with van der Waals surface area (Å²) in [5, 5.41) is 15.9. The second kappa shape index (κ2) is 11.5. The minimum atomic E-state index is -1.28. The lowest BCUT2D eigenvalue weighted by Gasteiger charge is -2.16. The second-order valence-electron chi connectivity index (χ2n) is 9.54. The number of allylic oxidation sites excluding steroid dienone is 1. The molecule has 4 aromatic rings. The van der Waals surface area contributed by atoms with Gasteiger partial charge in [0.1, 0.15) is 11.2 Å². The zero-order valence-corrected chi connectivity index (χ0v) is 22.1. The van der Waals surface area contributed by atoms with Crippen LogP contribution in [0.4, 0.5) is 25.8 Å². The normalized spacial score (nSPS) is 13.7. The molecule has 0 radical (unpaired) electrons. The van der Waals surface area contributed by atoms with Gasteiger partial charge in [-0.25, -0.2) is 8.78 Å². The maximum absolute atomic E-state index is 15.2. The summed E-state index contributed by atoms with van der Waals surface area (Å²) in [5.74, 6) is -2.15. The van der Waals surface area contributed by atoms with E-state index >= 15 is 4.39 Å². The third-order valence-electron chi connectivity index (χ3n) is 6.82. The largest absolute Gasteiger partial charge is 0.452 e. The van der Waals surface area contributed by atoms with Crippen LogP contribution in [0.1, 0.15) is 18.5 Å². The number of anilines is 3. The van der Waals surface area contributed by atoms with Crippen LogP contribution in [-0.4, -0.2) is 30.1 Å². The van der Waals surface area contributed by atoms with Crippen LogP contribution >= 0.6 is 0 Å². The van der Waals surface area contributed by atoms with E-state index < -0.39 is 28.9 Å². The van der Waals surface area contributed by atoms with Crippen LogP contribution in [0.2, 0.25) is 0 Å². The molecular weight excluding hydrogens is 528 g/mol. The highest BCUT2D eigenvalue weighted by Crippen LogP contribution is 2.47. The first-order chi connectivity index (χ1) is 19.8. The summed E-state index contributed by atoms with van der Waals surface area (Å²) in [4.78, 5) is 28.9. The van der Waals surface area contributed by atoms with Gasteiger partial charge in [-0.1, -0.05) is 12.1 Å². The van der Waals surface area contributed by atoms with Gasteiger partial charge in [-0.15, -0.1) is 0 Å². The third kappa shape index (κ3) is 5.86. The summed E-state index contributed by atoms with van der Waals surface area (Å²) in [7, 11) is 1.82. The number of ether oxygens (including phenoxy) is 1. The zero-order chi connectivity index (χ0) is 29.0. The van der Waals surface area contributed by atoms with Crippen LogP contribution in [0, 0.1) is 22.5 Å². The molecule has 3 aromatic carbocycles. The summed E-state index contributed by atoms with van der Waals surface area (Å²) in [6.45, 7) is 0. The maximum Gasteiger partial charge on any atom is 0.240 e. The van der Waals surface area contributed by atoms with Crippen LogP contribution in [0.25, 0.3) is 16.9 Å². The minimum absolute atomic E-state index is 0.115. The average Bonchev–Trinajstić information content (AvgIpc) is 3.65. The van der Waals surface area contributed by atoms with E-state index in [-0.39, 0.29) is 17.2 Å². The first kappa shape index (κ1) is 27.3. The molecule has 0 unspecified atom stereocenters. The number of hydrogen-bond acceptors (Lipinski definition) is 5. The number of hydrogen-bond donors (Lipinski definition) is 5. The van der Waals surface area contributed by atoms with Gasteiger partial charge >= 0.3 is 0 Å². The van der Waals surface area contributed by atoms with E-state index in [1.54, 1.807) is 6.20 Å². The number of nitrogens with one attached hydrogen (secondary N) is 5. The van der Waals surface area contributed by atoms with Crippen molar-refractivity contribution < 1.29 is 23.1 Å². The molecule has 1 heterocycles. The average molecular weight is 556 g/mol. The Morgan fingerprint density at radius 2 is 1.63 bits per heavy atom. The molecule has 1 fully saturated rings. The zero-order valence-electron chi connectivity index (χ0n) is 22.1. The SMILES string of the molecule is CNc1cccc(-c2cc[nH]c2/C(=C\C=N)Oc2ccc(NC(=O)C3(C(=O)Nc4ccc(F)cc4)CC3)cc2F)c1. The molecule has 0 atom stereocenters. The number of carbonyl (C=O) groups excluding carboxylic acids is 2. The number of halogens is 2. The van der Waals surface area contributed by atoms with Gasteiger partial charge in [0.2, 0.25) is 11.8 Å². The molecule has 10 heteroatoms. The molecule has 208 valence electrons. The summed E-state index contributed by atoms with van der Waals surface area (Å²) < 4.78 is 34.2. The molecule has 1 aromatic heterocycles. The smallest absolute Gasteiger partial charge is 0.240 e. The van der Waals surface area contributed by atoms with Crippen LogP contribution in [0.5, 0.6) is 5.75 Å². The first-order valence-corrected chi connectivity index (χ1v) is 12.9. The highest BCUT2D eigenvalue weighted by atomic mass is 19.1. The molecule has 0 aliphatic heterocycles. The highest BCUT2D eigenvalue weighted by Gasteiger charge is 2.56. The predicted molar refractivity (Wildman–Crippen MR) is 155 cm³/mol. The quantitative estimate of drug-likeness (QED) is 0.0880. The number of carbonyl (C=O) groups is 2. The van der Waals surface area contributed by atoms with Gasteiger partial charge in [0.05, 0.1) is 5.69 Å². The monoisotopic (exact) mass is 555 g/mol. The Balaban J connectivity index is 1.30. The molecule has 0 bridgehead atoms. The molecule has 1 aliphatic rings. The fourth-order valence-corrected chi connectivity index (χ4v) is 4.40. The number of benzene rings is 3. The number of amides is 2. The maximum atomic E-state index is 15.2. The Hall–Kier alpha value is -5.25. The van der Waals surface area contributed by atoms with Gasteiger partial charge in [0.25, 0.3) is 0 Å². The molecule has 1 aliphatic carbocycles. The summed E-state index contributed by atoms with van der Waals surface area (Å²) >= 11 is 0. The van der Waals surface area contributed by atoms with Crippen molar-refractivity contribution in [2.45, 2.75) is 12.8 Å². The standard InChI is InChI=1S/C31H27F2N5O3/c1-35-22-4-2-3-19(17-22)24-12-16-36-28(24)27(11-15-34)41-26-10-9-23(18-25(26)33)38-30(40)31(13-14-31)29(39)37-21-7-5-20(32)6-8-21/h2-12,15-18,34-36H,13-14H2,1H3,(H,37,39)(H,38,40)/b27-11+,34-15?. The summed E-state index contributed by atoms with van der Waals surface area (Å²) in [6, 6.07) is 18.8. The fraction of sp³-hybridized carbons (Fsp3) is 0.129. The van der Waals surface area contributed by atoms with Gasteiger partial charge in [-0.05, 0) is 73.0 Å². The number of rotatable bonds is 10. The van der Waals surface area contributed by atoms with E-state index in [1.807, 2.05) is 37.4 Å². The van der Waals surface area contributed by atoms with Gasteiger partial charge in [-0.3, -0.25) is 9.59 Å². The Kier molecular flexibility index (Phi) is 7.64. The second-order valence-corrected chi connectivity index (χ2v) is 9.54. The molecule has 8 nitrogen and oxygen atoms in total. The van der Waals surface area contributed by atoms with Crippen LogP contribution in [0.15, 0.2) is 85.1 Å². The van der Waals surface area contributed by atoms with Gasteiger partial charge in [-0.2, -0.15) is 0 Å². The number of aromatic amines is 1. The van der Waals surface area contributed by atoms with Gasteiger partial charge in [0.15, 0.2) is 17.3 Å². The highest BCUT2D eigenvalue weighted by molar-refractivity contribution is 6.16. The van der Waals surface area contributed by atoms with Crippen molar-refractivity contribution in [3.8, 4) is 16.9 Å². The van der Waals surface area contributed by atoms with E-state index in [0.29, 0.717) is 24.2 Å². The van der Waals surface area contributed by atoms with Crippen LogP contribution in [0.3, 0.4) is 0 Å². The van der Waals surface area contributed by atoms with E-state index in [0.717, 1.165) is 29.1 Å². The lowest BCUT2D eigenvalue weighted by molar-refractivity contribution is -0.131. The molecule has 1 saturated carbocycles. The Bertz CT molecular complexity index is 1640. The van der Waals surface area contributed by atoms with Gasteiger partial charge < -0.3 is 31.1 Å². The molecule has 5 N–H and O–H groups in total. The summed E-state index contributed by atoms with van der Waals surface area (Å²) in [5.41, 5.74) is 2.41. The molecule has 41 heavy (non-hydrogen) atoms. The van der Waals surface area contributed by atoms with Crippen molar-refractivity contribution in [3.05, 3.63) is 102 Å². The van der Waals surface area contributed by atoms with Gasteiger partial charge in [0, 0.05) is 54.2 Å². The minimum Gasteiger partial charge on any atom is -0.452 e. The van der Waals surface area contributed by atoms with Crippen molar-refractivity contribution in [2.24, 2.45) is 5.41 Å². The lowest BCUT2D eigenvalue weighted by atomic mass is 10.0. The molecule has 0 saturated heterocycles. The van der Waals surface area contributed by atoms with E-state index in [1.165, 1.54) is 42.5 Å². The predicted octanol–water partition coefficient (Wildman–Crippen LogP) is 6.43. The van der Waals surface area contributed by atoms with E-state index in [4.69, 9.17) is 10.1 Å². The Labute approximate surface area is 235 Å². The number of H-pyrrole nitrogens is 1. The third-order valence-corrected chi connectivity index (χ3v) is 6.82. The molecule has 2 amide bonds. The van der Waals surface area contributed by atoms with E-state index in [9.17, 15) is 14.0 Å². The lowest BCUT2D eigenvalue weighted by Crippen LogP contribution is -2.35. The number of aromatic nitrogens is 1. The summed E-state index contributed by atoms with van der Waals surface area (Å²) in [6.07, 6.45) is 4.85. The topological polar surface area (TPSA) is 119 Å². The van der Waals surface area contributed by atoms with Crippen molar-refractivity contribution in [3.63, 3.8) is 0 Å². The Morgan fingerprint density at radius 3 is 2.29 bits per heavy atom. The van der Waals surface area contributed by atoms with Crippen molar-refractivity contribution in [1.29, 1.82) is 5.41 Å².